The SMILES string of the molecule is Cc1cc2nc3[nH]c(=O)[nH]c(=O)c3c(C)c2c(C[C@H](O)[C@H](O)[C@H](O)CO)c1C. The molecule has 0 radical (unpaired) electrons. The van der Waals surface area contributed by atoms with E-state index in [1.165, 1.54) is 0 Å². The molecule has 3 atom stereocenters. The van der Waals surface area contributed by atoms with E-state index in [9.17, 15) is 24.9 Å². The Hall–Kier alpha value is -2.59. The number of rotatable bonds is 5. The van der Waals surface area contributed by atoms with Crippen LogP contribution in [0.4, 0.5) is 0 Å². The number of fused-ring (bicyclic) bond motifs is 2. The van der Waals surface area contributed by atoms with Crippen LogP contribution < -0.4 is 11.2 Å². The Kier molecular flexibility index (Phi) is 5.35. The van der Waals surface area contributed by atoms with Crippen molar-refractivity contribution in [3.05, 3.63) is 49.2 Å². The molecule has 28 heavy (non-hydrogen) atoms. The molecule has 0 aliphatic carbocycles. The molecule has 3 aromatic rings. The average Bonchev–Trinajstić information content (AvgIpc) is 2.63. The Labute approximate surface area is 159 Å². The third-order valence-corrected chi connectivity index (χ3v) is 5.25. The molecule has 150 valence electrons. The third kappa shape index (κ3) is 3.33. The summed E-state index contributed by atoms with van der Waals surface area (Å²) in [6, 6.07) is 1.82. The summed E-state index contributed by atoms with van der Waals surface area (Å²) in [7, 11) is 0. The van der Waals surface area contributed by atoms with Crippen LogP contribution in [0.15, 0.2) is 15.7 Å². The maximum Gasteiger partial charge on any atom is 0.327 e. The number of nitrogens with one attached hydrogen (secondary N) is 2. The molecule has 9 nitrogen and oxygen atoms in total. The fourth-order valence-corrected chi connectivity index (χ4v) is 3.57. The number of aromatic amines is 2. The van der Waals surface area contributed by atoms with Gasteiger partial charge in [-0.25, -0.2) is 9.78 Å². The molecule has 2 aromatic heterocycles. The van der Waals surface area contributed by atoms with Crippen molar-refractivity contribution in [1.29, 1.82) is 0 Å². The number of H-pyrrole nitrogens is 2. The minimum Gasteiger partial charge on any atom is -0.394 e. The Morgan fingerprint density at radius 3 is 2.32 bits per heavy atom. The molecule has 3 rings (SSSR count). The highest BCUT2D eigenvalue weighted by Crippen LogP contribution is 2.31. The van der Waals surface area contributed by atoms with Crippen LogP contribution in [0.5, 0.6) is 0 Å². The quantitative estimate of drug-likeness (QED) is 0.315. The van der Waals surface area contributed by atoms with Gasteiger partial charge < -0.3 is 20.4 Å². The van der Waals surface area contributed by atoms with E-state index in [-0.39, 0.29) is 17.5 Å². The van der Waals surface area contributed by atoms with Gasteiger partial charge in [0.05, 0.1) is 23.6 Å². The second-order valence-electron chi connectivity index (χ2n) is 7.07. The number of aryl methyl sites for hydroxylation is 2. The monoisotopic (exact) mass is 389 g/mol. The van der Waals surface area contributed by atoms with Gasteiger partial charge >= 0.3 is 5.69 Å². The predicted octanol–water partition coefficient (Wildman–Crippen LogP) is -0.693. The molecule has 0 saturated carbocycles. The lowest BCUT2D eigenvalue weighted by molar-refractivity contribution is -0.0755. The number of hydrogen-bond donors (Lipinski definition) is 6. The highest BCUT2D eigenvalue weighted by atomic mass is 16.4. The first-order valence-electron chi connectivity index (χ1n) is 8.86. The summed E-state index contributed by atoms with van der Waals surface area (Å²) in [5.41, 5.74) is 2.48. The van der Waals surface area contributed by atoms with Crippen LogP contribution in [0.2, 0.25) is 0 Å². The third-order valence-electron chi connectivity index (χ3n) is 5.25. The van der Waals surface area contributed by atoms with Gasteiger partial charge in [-0.2, -0.15) is 0 Å². The normalized spacial score (nSPS) is 15.1. The number of aliphatic hydroxyl groups is 4. The van der Waals surface area contributed by atoms with E-state index >= 15 is 0 Å². The molecule has 0 fully saturated rings. The van der Waals surface area contributed by atoms with Crippen LogP contribution in [0.1, 0.15) is 22.3 Å². The van der Waals surface area contributed by atoms with Crippen molar-refractivity contribution < 1.29 is 20.4 Å². The van der Waals surface area contributed by atoms with Crippen LogP contribution in [0.25, 0.3) is 21.9 Å². The Morgan fingerprint density at radius 1 is 1.00 bits per heavy atom. The van der Waals surface area contributed by atoms with Gasteiger partial charge in [-0.1, -0.05) is 0 Å². The lowest BCUT2D eigenvalue weighted by Crippen LogP contribution is -2.40. The molecule has 0 bridgehead atoms. The zero-order valence-corrected chi connectivity index (χ0v) is 15.8. The second-order valence-corrected chi connectivity index (χ2v) is 7.07. The van der Waals surface area contributed by atoms with Crippen molar-refractivity contribution in [2.24, 2.45) is 0 Å². The summed E-state index contributed by atoms with van der Waals surface area (Å²) in [6.45, 7) is 4.76. The molecule has 0 saturated heterocycles. The summed E-state index contributed by atoms with van der Waals surface area (Å²) in [6.07, 6.45) is -4.36. The zero-order chi connectivity index (χ0) is 20.7. The van der Waals surface area contributed by atoms with E-state index in [1.807, 2.05) is 19.9 Å². The number of nitrogens with zero attached hydrogens (tertiary/aromatic N) is 1. The first-order chi connectivity index (χ1) is 13.1. The standard InChI is InChI=1S/C19H23N3O6/c1-7-4-11-14(9(3)15-17(20-11)21-19(28)22-18(15)27)10(8(7)2)5-12(24)16(26)13(25)6-23/h4,12-13,16,23-26H,5-6H2,1-3H3,(H2,20,21,22,27,28)/t12-,13+,16-/m0/s1. The van der Waals surface area contributed by atoms with Gasteiger partial charge in [-0.05, 0) is 49.1 Å². The minimum absolute atomic E-state index is 0.0163. The molecule has 1 aromatic carbocycles. The van der Waals surface area contributed by atoms with Gasteiger partial charge in [0.1, 0.15) is 17.9 Å². The minimum atomic E-state index is -1.53. The number of aromatic nitrogens is 3. The number of pyridine rings is 1. The fraction of sp³-hybridized carbons (Fsp3) is 0.421. The summed E-state index contributed by atoms with van der Waals surface area (Å²) in [5, 5.41) is 39.9. The van der Waals surface area contributed by atoms with Crippen molar-refractivity contribution in [2.75, 3.05) is 6.61 Å². The fourth-order valence-electron chi connectivity index (χ4n) is 3.57. The molecule has 6 N–H and O–H groups in total. The zero-order valence-electron chi connectivity index (χ0n) is 15.8. The van der Waals surface area contributed by atoms with Gasteiger partial charge in [0.2, 0.25) is 0 Å². The molecule has 0 amide bonds. The molecular formula is C19H23N3O6. The Morgan fingerprint density at radius 2 is 1.68 bits per heavy atom. The first kappa shape index (κ1) is 20.2. The highest BCUT2D eigenvalue weighted by molar-refractivity contribution is 5.98. The predicted molar refractivity (Wildman–Crippen MR) is 104 cm³/mol. The lowest BCUT2D eigenvalue weighted by atomic mass is 9.89. The maximum absolute atomic E-state index is 12.3. The van der Waals surface area contributed by atoms with Gasteiger partial charge in [-0.15, -0.1) is 0 Å². The average molecular weight is 389 g/mol. The lowest BCUT2D eigenvalue weighted by Gasteiger charge is -2.24. The number of benzene rings is 1. The van der Waals surface area contributed by atoms with E-state index in [2.05, 4.69) is 15.0 Å². The van der Waals surface area contributed by atoms with Gasteiger partial charge in [0.15, 0.2) is 0 Å². The molecule has 0 aliphatic heterocycles. The van der Waals surface area contributed by atoms with Gasteiger partial charge in [0.25, 0.3) is 5.56 Å². The molecule has 0 unspecified atom stereocenters. The van der Waals surface area contributed by atoms with Crippen LogP contribution in [-0.2, 0) is 6.42 Å². The number of hydrogen-bond acceptors (Lipinski definition) is 7. The second kappa shape index (κ2) is 7.44. The maximum atomic E-state index is 12.3. The van der Waals surface area contributed by atoms with Crippen molar-refractivity contribution in [3.8, 4) is 0 Å². The Balaban J connectivity index is 2.30. The Bertz CT molecular complexity index is 1170. The largest absolute Gasteiger partial charge is 0.394 e. The van der Waals surface area contributed by atoms with E-state index in [0.717, 1.165) is 11.1 Å². The van der Waals surface area contributed by atoms with Crippen LogP contribution in [-0.4, -0.2) is 60.3 Å². The first-order valence-corrected chi connectivity index (χ1v) is 8.86. The van der Waals surface area contributed by atoms with Crippen molar-refractivity contribution in [2.45, 2.75) is 45.5 Å². The van der Waals surface area contributed by atoms with E-state index in [0.29, 0.717) is 22.0 Å². The van der Waals surface area contributed by atoms with Gasteiger partial charge in [-0.3, -0.25) is 14.8 Å². The molecular weight excluding hydrogens is 366 g/mol. The molecule has 9 heteroatoms. The van der Waals surface area contributed by atoms with Crippen LogP contribution >= 0.6 is 0 Å². The van der Waals surface area contributed by atoms with Crippen molar-refractivity contribution >= 4 is 21.9 Å². The smallest absolute Gasteiger partial charge is 0.327 e. The van der Waals surface area contributed by atoms with Crippen molar-refractivity contribution in [3.63, 3.8) is 0 Å². The van der Waals surface area contributed by atoms with E-state index < -0.39 is 36.2 Å². The number of aliphatic hydroxyl groups excluding tert-OH is 4. The summed E-state index contributed by atoms with van der Waals surface area (Å²) in [5.74, 6) is 0. The van der Waals surface area contributed by atoms with E-state index in [1.54, 1.807) is 6.92 Å². The molecule has 0 spiro atoms. The molecule has 2 heterocycles. The van der Waals surface area contributed by atoms with Crippen LogP contribution in [0.3, 0.4) is 0 Å². The van der Waals surface area contributed by atoms with Crippen LogP contribution in [0, 0.1) is 20.8 Å². The highest BCUT2D eigenvalue weighted by Gasteiger charge is 2.26. The summed E-state index contributed by atoms with van der Waals surface area (Å²) >= 11 is 0. The van der Waals surface area contributed by atoms with Crippen molar-refractivity contribution in [1.82, 2.24) is 15.0 Å². The topological polar surface area (TPSA) is 160 Å². The van der Waals surface area contributed by atoms with Gasteiger partial charge in [0, 0.05) is 11.8 Å². The summed E-state index contributed by atoms with van der Waals surface area (Å²) in [4.78, 5) is 33.0. The molecule has 0 aliphatic rings. The summed E-state index contributed by atoms with van der Waals surface area (Å²) < 4.78 is 0. The van der Waals surface area contributed by atoms with E-state index in [4.69, 9.17) is 5.11 Å².